The van der Waals surface area contributed by atoms with Crippen LogP contribution in [0.1, 0.15) is 5.56 Å². The SMILES string of the molecule is Cl.O=C(Nc1ccc(Cl)c(C(F)(F)F)c1)C1CNCCO1. The molecule has 1 unspecified atom stereocenters. The second-order valence-corrected chi connectivity index (χ2v) is 4.65. The molecule has 0 saturated carbocycles. The number of carbonyl (C=O) groups is 1. The number of nitrogens with one attached hydrogen (secondary N) is 2. The van der Waals surface area contributed by atoms with E-state index >= 15 is 0 Å². The van der Waals surface area contributed by atoms with Crippen LogP contribution in [0.4, 0.5) is 18.9 Å². The zero-order valence-corrected chi connectivity index (χ0v) is 12.2. The average Bonchev–Trinajstić information content (AvgIpc) is 2.40. The second-order valence-electron chi connectivity index (χ2n) is 4.25. The summed E-state index contributed by atoms with van der Waals surface area (Å²) >= 11 is 5.50. The van der Waals surface area contributed by atoms with Gasteiger partial charge in [0.15, 0.2) is 0 Å². The summed E-state index contributed by atoms with van der Waals surface area (Å²) in [5, 5.41) is 4.94. The van der Waals surface area contributed by atoms with E-state index in [9.17, 15) is 18.0 Å². The van der Waals surface area contributed by atoms with Crippen LogP contribution in [-0.4, -0.2) is 31.7 Å². The number of rotatable bonds is 2. The lowest BCUT2D eigenvalue weighted by Crippen LogP contribution is -2.45. The quantitative estimate of drug-likeness (QED) is 0.867. The number of amides is 1. The summed E-state index contributed by atoms with van der Waals surface area (Å²) in [6.45, 7) is 1.35. The number of alkyl halides is 3. The summed E-state index contributed by atoms with van der Waals surface area (Å²) in [7, 11) is 0. The molecular weight excluding hydrogens is 332 g/mol. The van der Waals surface area contributed by atoms with Crippen molar-refractivity contribution in [1.82, 2.24) is 5.32 Å². The average molecular weight is 345 g/mol. The molecule has 0 aromatic heterocycles. The molecule has 9 heteroatoms. The van der Waals surface area contributed by atoms with Gasteiger partial charge in [0.2, 0.25) is 0 Å². The number of morpholine rings is 1. The van der Waals surface area contributed by atoms with Gasteiger partial charge in [0.1, 0.15) is 6.10 Å². The Morgan fingerprint density at radius 2 is 2.14 bits per heavy atom. The Kier molecular flexibility index (Phi) is 6.27. The molecule has 2 N–H and O–H groups in total. The number of halogens is 5. The van der Waals surface area contributed by atoms with Crippen LogP contribution in [0.3, 0.4) is 0 Å². The maximum atomic E-state index is 12.7. The predicted octanol–water partition coefficient (Wildman–Crippen LogP) is 2.71. The zero-order valence-electron chi connectivity index (χ0n) is 10.7. The van der Waals surface area contributed by atoms with Crippen molar-refractivity contribution in [3.63, 3.8) is 0 Å². The minimum absolute atomic E-state index is 0. The lowest BCUT2D eigenvalue weighted by Gasteiger charge is -2.23. The maximum Gasteiger partial charge on any atom is 0.417 e. The van der Waals surface area contributed by atoms with Crippen LogP contribution in [-0.2, 0) is 15.7 Å². The smallest absolute Gasteiger partial charge is 0.366 e. The highest BCUT2D eigenvalue weighted by Gasteiger charge is 2.33. The molecule has 1 aliphatic rings. The van der Waals surface area contributed by atoms with Gasteiger partial charge in [0, 0.05) is 18.8 Å². The first kappa shape index (κ1) is 18.0. The van der Waals surface area contributed by atoms with Crippen LogP contribution in [0.15, 0.2) is 18.2 Å². The van der Waals surface area contributed by atoms with E-state index in [1.807, 2.05) is 0 Å². The minimum Gasteiger partial charge on any atom is -0.366 e. The van der Waals surface area contributed by atoms with Gasteiger partial charge < -0.3 is 15.4 Å². The fourth-order valence-electron chi connectivity index (χ4n) is 1.78. The van der Waals surface area contributed by atoms with Crippen molar-refractivity contribution in [3.05, 3.63) is 28.8 Å². The molecule has 0 spiro atoms. The van der Waals surface area contributed by atoms with E-state index in [2.05, 4.69) is 10.6 Å². The largest absolute Gasteiger partial charge is 0.417 e. The first-order chi connectivity index (χ1) is 9.38. The van der Waals surface area contributed by atoms with E-state index in [1.165, 1.54) is 6.07 Å². The van der Waals surface area contributed by atoms with E-state index in [4.69, 9.17) is 16.3 Å². The molecule has 1 saturated heterocycles. The van der Waals surface area contributed by atoms with Gasteiger partial charge in [-0.1, -0.05) is 11.6 Å². The van der Waals surface area contributed by atoms with Gasteiger partial charge in [0.25, 0.3) is 5.91 Å². The third kappa shape index (κ3) is 4.74. The number of hydrogen-bond donors (Lipinski definition) is 2. The van der Waals surface area contributed by atoms with Crippen molar-refractivity contribution in [3.8, 4) is 0 Å². The summed E-state index contributed by atoms with van der Waals surface area (Å²) in [4.78, 5) is 11.8. The van der Waals surface area contributed by atoms with Crippen LogP contribution in [0, 0.1) is 0 Å². The Balaban J connectivity index is 0.00000220. The number of carbonyl (C=O) groups excluding carboxylic acids is 1. The highest BCUT2D eigenvalue weighted by Crippen LogP contribution is 2.36. The van der Waals surface area contributed by atoms with Gasteiger partial charge in [-0.2, -0.15) is 13.2 Å². The van der Waals surface area contributed by atoms with Crippen LogP contribution in [0.25, 0.3) is 0 Å². The van der Waals surface area contributed by atoms with Gasteiger partial charge in [-0.05, 0) is 18.2 Å². The third-order valence-electron chi connectivity index (χ3n) is 2.76. The van der Waals surface area contributed by atoms with Crippen LogP contribution < -0.4 is 10.6 Å². The molecule has 118 valence electrons. The molecule has 1 aliphatic heterocycles. The summed E-state index contributed by atoms with van der Waals surface area (Å²) in [5.74, 6) is -0.493. The van der Waals surface area contributed by atoms with E-state index in [0.717, 1.165) is 12.1 Å². The van der Waals surface area contributed by atoms with E-state index < -0.39 is 28.8 Å². The Labute approximate surface area is 130 Å². The van der Waals surface area contributed by atoms with E-state index in [1.54, 1.807) is 0 Å². The third-order valence-corrected chi connectivity index (χ3v) is 3.09. The lowest BCUT2D eigenvalue weighted by molar-refractivity contribution is -0.137. The molecule has 1 heterocycles. The lowest BCUT2D eigenvalue weighted by atomic mass is 10.2. The second kappa shape index (κ2) is 7.31. The van der Waals surface area contributed by atoms with Crippen molar-refractivity contribution >= 4 is 35.6 Å². The van der Waals surface area contributed by atoms with Crippen molar-refractivity contribution in [2.45, 2.75) is 12.3 Å². The zero-order chi connectivity index (χ0) is 14.8. The van der Waals surface area contributed by atoms with Gasteiger partial charge in [-0.15, -0.1) is 12.4 Å². The van der Waals surface area contributed by atoms with Crippen LogP contribution in [0.2, 0.25) is 5.02 Å². The highest BCUT2D eigenvalue weighted by atomic mass is 35.5. The van der Waals surface area contributed by atoms with Crippen molar-refractivity contribution in [1.29, 1.82) is 0 Å². The molecule has 1 amide bonds. The Morgan fingerprint density at radius 3 is 2.71 bits per heavy atom. The van der Waals surface area contributed by atoms with Crippen LogP contribution in [0.5, 0.6) is 0 Å². The number of ether oxygens (including phenoxy) is 1. The standard InChI is InChI=1S/C12H12ClF3N2O2.ClH/c13-9-2-1-7(5-8(9)12(14,15)16)18-11(19)10-6-17-3-4-20-10;/h1-2,5,10,17H,3-4,6H2,(H,18,19);1H. The van der Waals surface area contributed by atoms with E-state index in [-0.39, 0.29) is 18.1 Å². The Morgan fingerprint density at radius 1 is 1.43 bits per heavy atom. The topological polar surface area (TPSA) is 50.4 Å². The summed E-state index contributed by atoms with van der Waals surface area (Å²) in [6, 6.07) is 3.21. The maximum absolute atomic E-state index is 12.7. The summed E-state index contributed by atoms with van der Waals surface area (Å²) < 4.78 is 43.3. The minimum atomic E-state index is -4.57. The van der Waals surface area contributed by atoms with Gasteiger partial charge in [-0.3, -0.25) is 4.79 Å². The van der Waals surface area contributed by atoms with Crippen molar-refractivity contribution in [2.75, 3.05) is 25.0 Å². The summed E-state index contributed by atoms with van der Waals surface area (Å²) in [6.07, 6.45) is -5.28. The number of benzene rings is 1. The molecule has 1 atom stereocenters. The van der Waals surface area contributed by atoms with Crippen molar-refractivity contribution in [2.24, 2.45) is 0 Å². The van der Waals surface area contributed by atoms with E-state index in [0.29, 0.717) is 19.7 Å². The molecule has 2 rings (SSSR count). The van der Waals surface area contributed by atoms with Gasteiger partial charge in [0.05, 0.1) is 17.2 Å². The molecule has 21 heavy (non-hydrogen) atoms. The highest BCUT2D eigenvalue weighted by molar-refractivity contribution is 6.31. The number of anilines is 1. The fourth-order valence-corrected chi connectivity index (χ4v) is 2.00. The fraction of sp³-hybridized carbons (Fsp3) is 0.417. The molecule has 1 aromatic rings. The first-order valence-corrected chi connectivity index (χ1v) is 6.25. The van der Waals surface area contributed by atoms with Gasteiger partial charge in [-0.25, -0.2) is 0 Å². The number of hydrogen-bond acceptors (Lipinski definition) is 3. The molecule has 0 radical (unpaired) electrons. The first-order valence-electron chi connectivity index (χ1n) is 5.88. The molecule has 0 bridgehead atoms. The molecular formula is C12H13Cl2F3N2O2. The monoisotopic (exact) mass is 344 g/mol. The Hall–Kier alpha value is -1.02. The summed E-state index contributed by atoms with van der Waals surface area (Å²) in [5.41, 5.74) is -0.958. The predicted molar refractivity (Wildman–Crippen MR) is 74.9 cm³/mol. The molecule has 4 nitrogen and oxygen atoms in total. The molecule has 1 fully saturated rings. The Bertz CT molecular complexity index is 506. The normalized spacial score (nSPS) is 18.8. The van der Waals surface area contributed by atoms with Crippen LogP contribution >= 0.6 is 24.0 Å². The van der Waals surface area contributed by atoms with Gasteiger partial charge >= 0.3 is 6.18 Å². The molecule has 1 aromatic carbocycles. The molecule has 0 aliphatic carbocycles. The van der Waals surface area contributed by atoms with Crippen molar-refractivity contribution < 1.29 is 22.7 Å².